The van der Waals surface area contributed by atoms with Gasteiger partial charge in [-0.1, -0.05) is 54.2 Å². The molecule has 5 rings (SSSR count). The maximum absolute atomic E-state index is 12.7. The van der Waals surface area contributed by atoms with E-state index in [0.717, 1.165) is 35.4 Å². The molecule has 0 radical (unpaired) electrons. The number of carbonyl (C=O) groups excluding carboxylic acids is 1. The Morgan fingerprint density at radius 1 is 1.00 bits per heavy atom. The molecule has 0 bridgehead atoms. The Balaban J connectivity index is 1.34. The zero-order chi connectivity index (χ0) is 19.8. The Morgan fingerprint density at radius 2 is 1.79 bits per heavy atom. The van der Waals surface area contributed by atoms with Crippen molar-refractivity contribution in [1.82, 2.24) is 14.8 Å². The Hall–Kier alpha value is -3.12. The lowest BCUT2D eigenvalue weighted by atomic mass is 10.0. The number of anilines is 1. The van der Waals surface area contributed by atoms with Crippen LogP contribution >= 0.6 is 11.8 Å². The number of hydrogen-bond acceptors (Lipinski definition) is 4. The van der Waals surface area contributed by atoms with Crippen molar-refractivity contribution in [3.05, 3.63) is 77.6 Å². The minimum atomic E-state index is -0.0473. The lowest BCUT2D eigenvalue weighted by Gasteiger charge is -2.11. The minimum absolute atomic E-state index is 0.0473. The van der Waals surface area contributed by atoms with Crippen molar-refractivity contribution in [2.45, 2.75) is 24.9 Å². The zero-order valence-corrected chi connectivity index (χ0v) is 16.9. The third-order valence-corrected chi connectivity index (χ3v) is 6.22. The highest BCUT2D eigenvalue weighted by Crippen LogP contribution is 2.35. The van der Waals surface area contributed by atoms with Crippen molar-refractivity contribution < 1.29 is 4.79 Å². The molecule has 1 aliphatic rings. The van der Waals surface area contributed by atoms with Gasteiger partial charge in [0.1, 0.15) is 5.82 Å². The number of aryl methyl sites for hydroxylation is 3. The summed E-state index contributed by atoms with van der Waals surface area (Å²) in [4.78, 5) is 12.7. The number of aromatic nitrogens is 3. The molecule has 6 heteroatoms. The van der Waals surface area contributed by atoms with E-state index in [9.17, 15) is 4.79 Å². The summed E-state index contributed by atoms with van der Waals surface area (Å²) >= 11 is 1.39. The maximum Gasteiger partial charge on any atom is 0.234 e. The number of amides is 1. The first-order valence-electron chi connectivity index (χ1n) is 9.64. The second-order valence-electron chi connectivity index (χ2n) is 7.15. The SMILES string of the molecule is Cc1nnc(SCC(=O)Nc2ccc3c4c(cccc24)CC3)n1-c1ccccc1. The molecule has 144 valence electrons. The van der Waals surface area contributed by atoms with Gasteiger partial charge >= 0.3 is 0 Å². The summed E-state index contributed by atoms with van der Waals surface area (Å²) in [6, 6.07) is 20.4. The molecule has 5 nitrogen and oxygen atoms in total. The van der Waals surface area contributed by atoms with Gasteiger partial charge in [-0.3, -0.25) is 9.36 Å². The lowest BCUT2D eigenvalue weighted by Crippen LogP contribution is -2.15. The van der Waals surface area contributed by atoms with Crippen molar-refractivity contribution in [2.24, 2.45) is 0 Å². The summed E-state index contributed by atoms with van der Waals surface area (Å²) < 4.78 is 1.97. The van der Waals surface area contributed by atoms with Crippen LogP contribution in [0.15, 0.2) is 65.8 Å². The highest BCUT2D eigenvalue weighted by molar-refractivity contribution is 7.99. The van der Waals surface area contributed by atoms with Crippen LogP contribution in [0.3, 0.4) is 0 Å². The Kier molecular flexibility index (Phi) is 4.56. The highest BCUT2D eigenvalue weighted by Gasteiger charge is 2.17. The molecule has 0 atom stereocenters. The Morgan fingerprint density at radius 3 is 2.62 bits per heavy atom. The van der Waals surface area contributed by atoms with Crippen LogP contribution in [0.4, 0.5) is 5.69 Å². The van der Waals surface area contributed by atoms with Gasteiger partial charge < -0.3 is 5.32 Å². The first-order valence-corrected chi connectivity index (χ1v) is 10.6. The van der Waals surface area contributed by atoms with Gasteiger partial charge in [0, 0.05) is 16.8 Å². The lowest BCUT2D eigenvalue weighted by molar-refractivity contribution is -0.113. The number of nitrogens with one attached hydrogen (secondary N) is 1. The van der Waals surface area contributed by atoms with E-state index in [0.29, 0.717) is 5.16 Å². The molecule has 0 spiro atoms. The number of benzene rings is 3. The monoisotopic (exact) mass is 400 g/mol. The van der Waals surface area contributed by atoms with Gasteiger partial charge in [-0.2, -0.15) is 0 Å². The minimum Gasteiger partial charge on any atom is -0.325 e. The summed E-state index contributed by atoms with van der Waals surface area (Å²) in [6.07, 6.45) is 2.16. The molecule has 4 aromatic rings. The van der Waals surface area contributed by atoms with Crippen LogP contribution in [0.25, 0.3) is 16.5 Å². The molecular weight excluding hydrogens is 380 g/mol. The third kappa shape index (κ3) is 3.29. The largest absolute Gasteiger partial charge is 0.325 e. The summed E-state index contributed by atoms with van der Waals surface area (Å²) in [7, 11) is 0. The van der Waals surface area contributed by atoms with Gasteiger partial charge in [-0.25, -0.2) is 0 Å². The van der Waals surface area contributed by atoms with E-state index >= 15 is 0 Å². The first-order chi connectivity index (χ1) is 14.2. The molecule has 1 N–H and O–H groups in total. The maximum atomic E-state index is 12.7. The molecule has 3 aromatic carbocycles. The topological polar surface area (TPSA) is 59.8 Å². The van der Waals surface area contributed by atoms with Crippen molar-refractivity contribution in [1.29, 1.82) is 0 Å². The van der Waals surface area contributed by atoms with Crippen LogP contribution in [0.2, 0.25) is 0 Å². The summed E-state index contributed by atoms with van der Waals surface area (Å²) in [5.41, 5.74) is 4.60. The van der Waals surface area contributed by atoms with Crippen LogP contribution in [-0.4, -0.2) is 26.4 Å². The van der Waals surface area contributed by atoms with Crippen LogP contribution < -0.4 is 5.32 Å². The van der Waals surface area contributed by atoms with Crippen LogP contribution in [0.5, 0.6) is 0 Å². The zero-order valence-electron chi connectivity index (χ0n) is 16.1. The number of thioether (sulfide) groups is 1. The second-order valence-corrected chi connectivity index (χ2v) is 8.09. The van der Waals surface area contributed by atoms with Gasteiger partial charge in [0.05, 0.1) is 5.75 Å². The average molecular weight is 401 g/mol. The van der Waals surface area contributed by atoms with E-state index in [1.165, 1.54) is 28.3 Å². The molecule has 1 amide bonds. The molecule has 29 heavy (non-hydrogen) atoms. The van der Waals surface area contributed by atoms with Crippen molar-refractivity contribution in [2.75, 3.05) is 11.1 Å². The summed E-state index contributed by atoms with van der Waals surface area (Å²) in [5.74, 6) is 1.02. The molecule has 0 aliphatic heterocycles. The van der Waals surface area contributed by atoms with E-state index in [-0.39, 0.29) is 11.7 Å². The third-order valence-electron chi connectivity index (χ3n) is 5.29. The van der Waals surface area contributed by atoms with Gasteiger partial charge in [-0.15, -0.1) is 10.2 Å². The molecule has 1 aromatic heterocycles. The molecule has 0 fully saturated rings. The average Bonchev–Trinajstić information content (AvgIpc) is 3.33. The first kappa shape index (κ1) is 17.9. The number of hydrogen-bond donors (Lipinski definition) is 1. The van der Waals surface area contributed by atoms with Crippen LogP contribution in [-0.2, 0) is 17.6 Å². The highest BCUT2D eigenvalue weighted by atomic mass is 32.2. The number of para-hydroxylation sites is 1. The van der Waals surface area contributed by atoms with Gasteiger partial charge in [0.15, 0.2) is 5.16 Å². The standard InChI is InChI=1S/C23H20N4OS/c1-15-25-26-23(27(15)18-7-3-2-4-8-18)29-14-21(28)24-20-13-12-17-11-10-16-6-5-9-19(20)22(16)17/h2-9,12-13H,10-11,14H2,1H3,(H,24,28). The fourth-order valence-electron chi connectivity index (χ4n) is 3.98. The normalized spacial score (nSPS) is 12.4. The second kappa shape index (κ2) is 7.37. The van der Waals surface area contributed by atoms with E-state index in [2.05, 4.69) is 39.8 Å². The number of rotatable bonds is 5. The number of nitrogens with zero attached hydrogens (tertiary/aromatic N) is 3. The number of carbonyl (C=O) groups is 1. The fraction of sp³-hybridized carbons (Fsp3) is 0.174. The fourth-order valence-corrected chi connectivity index (χ4v) is 4.78. The Labute approximate surface area is 173 Å². The summed E-state index contributed by atoms with van der Waals surface area (Å²) in [5, 5.41) is 14.7. The Bertz CT molecular complexity index is 1210. The van der Waals surface area contributed by atoms with Crippen molar-refractivity contribution in [3.8, 4) is 5.69 Å². The van der Waals surface area contributed by atoms with Crippen molar-refractivity contribution in [3.63, 3.8) is 0 Å². The van der Waals surface area contributed by atoms with E-state index in [1.54, 1.807) is 0 Å². The van der Waals surface area contributed by atoms with Gasteiger partial charge in [0.2, 0.25) is 5.91 Å². The predicted octanol–water partition coefficient (Wildman–Crippen LogP) is 4.56. The van der Waals surface area contributed by atoms with E-state index in [4.69, 9.17) is 0 Å². The quantitative estimate of drug-likeness (QED) is 0.499. The summed E-state index contributed by atoms with van der Waals surface area (Å²) in [6.45, 7) is 1.91. The van der Waals surface area contributed by atoms with Crippen molar-refractivity contribution >= 4 is 34.1 Å². The molecule has 0 saturated heterocycles. The van der Waals surface area contributed by atoms with E-state index < -0.39 is 0 Å². The van der Waals surface area contributed by atoms with E-state index in [1.807, 2.05) is 47.9 Å². The van der Waals surface area contributed by atoms with Gasteiger partial charge in [-0.05, 0) is 54.5 Å². The molecule has 0 saturated carbocycles. The van der Waals surface area contributed by atoms with Crippen LogP contribution in [0.1, 0.15) is 17.0 Å². The molecule has 1 heterocycles. The smallest absolute Gasteiger partial charge is 0.234 e. The molecule has 0 unspecified atom stereocenters. The molecular formula is C23H20N4OS. The predicted molar refractivity (Wildman–Crippen MR) is 117 cm³/mol. The van der Waals surface area contributed by atoms with Gasteiger partial charge in [0.25, 0.3) is 0 Å². The molecule has 1 aliphatic carbocycles. The van der Waals surface area contributed by atoms with Crippen LogP contribution in [0, 0.1) is 6.92 Å².